The number of ether oxygens (including phenoxy) is 1. The fraction of sp³-hybridized carbons (Fsp3) is 0.588. The molecule has 0 aromatic carbocycles. The number of hydrogen-bond acceptors (Lipinski definition) is 5. The Labute approximate surface area is 140 Å². The maximum Gasteiger partial charge on any atom is 0.262 e. The molecule has 1 fully saturated rings. The second-order valence-electron chi connectivity index (χ2n) is 6.13. The van der Waals surface area contributed by atoms with Crippen LogP contribution in [0, 0.1) is 13.8 Å². The molecule has 2 aromatic heterocycles. The zero-order valence-corrected chi connectivity index (χ0v) is 14.9. The van der Waals surface area contributed by atoms with Crippen LogP contribution in [0.2, 0.25) is 0 Å². The summed E-state index contributed by atoms with van der Waals surface area (Å²) in [4.78, 5) is 23.4. The Bertz CT molecular complexity index is 735. The Morgan fingerprint density at radius 1 is 1.43 bits per heavy atom. The van der Waals surface area contributed by atoms with E-state index in [1.54, 1.807) is 0 Å². The number of fused-ring (bicyclic) bond motifs is 1. The van der Waals surface area contributed by atoms with E-state index in [1.807, 2.05) is 27.7 Å². The van der Waals surface area contributed by atoms with E-state index in [-0.39, 0.29) is 18.1 Å². The second-order valence-corrected chi connectivity index (χ2v) is 7.13. The minimum absolute atomic E-state index is 0.0213. The van der Waals surface area contributed by atoms with Crippen LogP contribution >= 0.6 is 11.3 Å². The van der Waals surface area contributed by atoms with Crippen molar-refractivity contribution < 1.29 is 9.53 Å². The van der Waals surface area contributed by atoms with E-state index in [4.69, 9.17) is 4.74 Å². The Kier molecular flexibility index (Phi) is 4.64. The molecule has 0 bridgehead atoms. The lowest BCUT2D eigenvalue weighted by molar-refractivity contribution is 0.0714. The molecule has 6 heteroatoms. The van der Waals surface area contributed by atoms with Crippen molar-refractivity contribution in [1.82, 2.24) is 15.3 Å². The second kappa shape index (κ2) is 6.53. The van der Waals surface area contributed by atoms with Gasteiger partial charge >= 0.3 is 0 Å². The number of aryl methyl sites for hydroxylation is 3. The predicted octanol–water partition coefficient (Wildman–Crippen LogP) is 3.17. The van der Waals surface area contributed by atoms with Crippen LogP contribution in [0.15, 0.2) is 0 Å². The molecule has 2 aromatic rings. The van der Waals surface area contributed by atoms with E-state index >= 15 is 0 Å². The Morgan fingerprint density at radius 3 is 2.87 bits per heavy atom. The van der Waals surface area contributed by atoms with E-state index in [1.165, 1.54) is 11.3 Å². The van der Waals surface area contributed by atoms with Crippen molar-refractivity contribution in [2.75, 3.05) is 6.61 Å². The van der Waals surface area contributed by atoms with Crippen LogP contribution in [0.4, 0.5) is 0 Å². The largest absolute Gasteiger partial charge is 0.376 e. The normalized spacial score (nSPS) is 19.2. The van der Waals surface area contributed by atoms with Gasteiger partial charge in [-0.05, 0) is 39.2 Å². The number of nitrogens with one attached hydrogen (secondary N) is 1. The van der Waals surface area contributed by atoms with Crippen molar-refractivity contribution in [3.63, 3.8) is 0 Å². The molecule has 0 aliphatic carbocycles. The van der Waals surface area contributed by atoms with E-state index in [2.05, 4.69) is 15.3 Å². The fourth-order valence-corrected chi connectivity index (χ4v) is 4.29. The summed E-state index contributed by atoms with van der Waals surface area (Å²) in [6.07, 6.45) is 3.01. The molecule has 2 atom stereocenters. The summed E-state index contributed by atoms with van der Waals surface area (Å²) in [6, 6.07) is 0.0213. The highest BCUT2D eigenvalue weighted by molar-refractivity contribution is 7.20. The van der Waals surface area contributed by atoms with Crippen LogP contribution in [0.1, 0.15) is 53.4 Å². The van der Waals surface area contributed by atoms with Gasteiger partial charge in [-0.25, -0.2) is 9.97 Å². The first kappa shape index (κ1) is 16.3. The molecule has 2 unspecified atom stereocenters. The van der Waals surface area contributed by atoms with E-state index in [0.29, 0.717) is 0 Å². The van der Waals surface area contributed by atoms with Gasteiger partial charge in [0.25, 0.3) is 5.91 Å². The van der Waals surface area contributed by atoms with Crippen LogP contribution in [0.5, 0.6) is 0 Å². The van der Waals surface area contributed by atoms with Crippen molar-refractivity contribution in [2.24, 2.45) is 0 Å². The maximum absolute atomic E-state index is 12.7. The van der Waals surface area contributed by atoms with Crippen LogP contribution in [-0.4, -0.2) is 34.6 Å². The molecule has 1 saturated heterocycles. The molecule has 1 aliphatic rings. The Hall–Kier alpha value is -1.53. The number of thiophene rings is 1. The van der Waals surface area contributed by atoms with Gasteiger partial charge in [0.15, 0.2) is 0 Å². The third kappa shape index (κ3) is 3.10. The molecular weight excluding hydrogens is 310 g/mol. The number of carbonyl (C=O) groups is 1. The number of carbonyl (C=O) groups excluding carboxylic acids is 1. The summed E-state index contributed by atoms with van der Waals surface area (Å²) >= 11 is 1.46. The molecule has 0 saturated carbocycles. The summed E-state index contributed by atoms with van der Waals surface area (Å²) in [6.45, 7) is 8.81. The average molecular weight is 333 g/mol. The molecule has 3 rings (SSSR count). The third-order valence-electron chi connectivity index (χ3n) is 4.42. The van der Waals surface area contributed by atoms with Gasteiger partial charge in [-0.3, -0.25) is 4.79 Å². The minimum Gasteiger partial charge on any atom is -0.376 e. The lowest BCUT2D eigenvalue weighted by atomic mass is 10.1. The smallest absolute Gasteiger partial charge is 0.262 e. The number of aromatic nitrogens is 2. The van der Waals surface area contributed by atoms with Crippen LogP contribution in [-0.2, 0) is 11.2 Å². The van der Waals surface area contributed by atoms with Gasteiger partial charge in [0, 0.05) is 24.1 Å². The minimum atomic E-state index is -0.0362. The number of rotatable bonds is 4. The molecule has 3 heterocycles. The molecule has 0 radical (unpaired) electrons. The lowest BCUT2D eigenvalue weighted by Gasteiger charge is -2.19. The Balaban J connectivity index is 1.88. The number of amides is 1. The predicted molar refractivity (Wildman–Crippen MR) is 92.2 cm³/mol. The summed E-state index contributed by atoms with van der Waals surface area (Å²) < 4.78 is 5.66. The number of hydrogen-bond donors (Lipinski definition) is 1. The highest BCUT2D eigenvalue weighted by Gasteiger charge is 2.26. The van der Waals surface area contributed by atoms with Gasteiger partial charge in [-0.2, -0.15) is 0 Å². The molecule has 1 aliphatic heterocycles. The average Bonchev–Trinajstić information content (AvgIpc) is 3.15. The van der Waals surface area contributed by atoms with Gasteiger partial charge in [-0.1, -0.05) is 6.92 Å². The quantitative estimate of drug-likeness (QED) is 0.933. The molecular formula is C17H23N3O2S. The molecule has 23 heavy (non-hydrogen) atoms. The zero-order chi connectivity index (χ0) is 16.6. The van der Waals surface area contributed by atoms with Crippen molar-refractivity contribution in [3.05, 3.63) is 22.0 Å². The summed E-state index contributed by atoms with van der Waals surface area (Å²) in [5.74, 6) is 0.793. The van der Waals surface area contributed by atoms with Gasteiger partial charge in [0.05, 0.1) is 17.0 Å². The summed E-state index contributed by atoms with van der Waals surface area (Å²) in [5.41, 5.74) is 1.93. The Morgan fingerprint density at radius 2 is 2.22 bits per heavy atom. The van der Waals surface area contributed by atoms with Gasteiger partial charge < -0.3 is 10.1 Å². The van der Waals surface area contributed by atoms with Crippen LogP contribution in [0.3, 0.4) is 0 Å². The van der Waals surface area contributed by atoms with Crippen molar-refractivity contribution >= 4 is 27.5 Å². The zero-order valence-electron chi connectivity index (χ0n) is 14.1. The van der Waals surface area contributed by atoms with E-state index in [0.717, 1.165) is 58.0 Å². The van der Waals surface area contributed by atoms with Crippen molar-refractivity contribution in [3.8, 4) is 0 Å². The highest BCUT2D eigenvalue weighted by Crippen LogP contribution is 2.31. The molecule has 1 N–H and O–H groups in total. The summed E-state index contributed by atoms with van der Waals surface area (Å²) in [7, 11) is 0. The van der Waals surface area contributed by atoms with Crippen LogP contribution in [0.25, 0.3) is 10.2 Å². The first-order valence-corrected chi connectivity index (χ1v) is 9.02. The number of nitrogens with zero attached hydrogens (tertiary/aromatic N) is 2. The topological polar surface area (TPSA) is 64.1 Å². The summed E-state index contributed by atoms with van der Waals surface area (Å²) in [5, 5.41) is 4.10. The van der Waals surface area contributed by atoms with Crippen LogP contribution < -0.4 is 5.32 Å². The monoisotopic (exact) mass is 333 g/mol. The van der Waals surface area contributed by atoms with E-state index in [9.17, 15) is 4.79 Å². The standard InChI is InChI=1S/C17H23N3O2S/c1-5-13-18-11(4)14-9(2)15(23-17(14)20-13)16(21)19-10(3)12-7-6-8-22-12/h10,12H,5-8H2,1-4H3,(H,19,21). The van der Waals surface area contributed by atoms with Gasteiger partial charge in [-0.15, -0.1) is 11.3 Å². The lowest BCUT2D eigenvalue weighted by Crippen LogP contribution is -2.40. The molecule has 5 nitrogen and oxygen atoms in total. The van der Waals surface area contributed by atoms with E-state index < -0.39 is 0 Å². The van der Waals surface area contributed by atoms with Gasteiger partial charge in [0.1, 0.15) is 10.7 Å². The van der Waals surface area contributed by atoms with Crippen molar-refractivity contribution in [2.45, 2.75) is 59.1 Å². The maximum atomic E-state index is 12.7. The first-order valence-electron chi connectivity index (χ1n) is 8.20. The molecule has 0 spiro atoms. The fourth-order valence-electron chi connectivity index (χ4n) is 3.13. The SMILES string of the molecule is CCc1nc(C)c2c(C)c(C(=O)NC(C)C3CCCO3)sc2n1. The van der Waals surface area contributed by atoms with Crippen molar-refractivity contribution in [1.29, 1.82) is 0 Å². The molecule has 124 valence electrons. The first-order chi connectivity index (χ1) is 11.0. The highest BCUT2D eigenvalue weighted by atomic mass is 32.1. The third-order valence-corrected chi connectivity index (χ3v) is 5.61. The van der Waals surface area contributed by atoms with Gasteiger partial charge in [0.2, 0.25) is 0 Å². The molecule has 1 amide bonds.